The molecule has 2 unspecified atom stereocenters. The Bertz CT molecular complexity index is 476. The zero-order valence-corrected chi connectivity index (χ0v) is 13.1. The SMILES string of the molecule is CC1CC(c2ccn(C)n2)CCN1C(=O)OC(C)(C)C. The number of rotatable bonds is 1. The molecule has 1 amide bonds. The van der Waals surface area contributed by atoms with Crippen LogP contribution in [0.5, 0.6) is 0 Å². The Labute approximate surface area is 120 Å². The lowest BCUT2D eigenvalue weighted by atomic mass is 9.89. The van der Waals surface area contributed by atoms with Gasteiger partial charge in [0.1, 0.15) is 5.60 Å². The number of amides is 1. The first-order valence-electron chi connectivity index (χ1n) is 7.25. The molecule has 0 spiro atoms. The summed E-state index contributed by atoms with van der Waals surface area (Å²) in [6.07, 6.45) is 3.65. The first-order valence-corrected chi connectivity index (χ1v) is 7.25. The van der Waals surface area contributed by atoms with Gasteiger partial charge in [-0.1, -0.05) is 0 Å². The Balaban J connectivity index is 1.97. The van der Waals surface area contributed by atoms with E-state index in [1.807, 2.05) is 43.6 Å². The fourth-order valence-electron chi connectivity index (χ4n) is 2.68. The maximum absolute atomic E-state index is 12.2. The summed E-state index contributed by atoms with van der Waals surface area (Å²) in [5.41, 5.74) is 0.692. The van der Waals surface area contributed by atoms with Crippen molar-refractivity contribution in [3.8, 4) is 0 Å². The molecule has 20 heavy (non-hydrogen) atoms. The Kier molecular flexibility index (Phi) is 4.06. The molecular formula is C15H25N3O2. The highest BCUT2D eigenvalue weighted by Crippen LogP contribution is 2.31. The van der Waals surface area contributed by atoms with E-state index in [0.717, 1.165) is 25.1 Å². The first-order chi connectivity index (χ1) is 9.26. The standard InChI is InChI=1S/C15H25N3O2/c1-11-10-12(13-7-8-17(5)16-13)6-9-18(11)14(19)20-15(2,3)4/h7-8,11-12H,6,9-10H2,1-5H3. The van der Waals surface area contributed by atoms with Gasteiger partial charge in [0.25, 0.3) is 0 Å². The van der Waals surface area contributed by atoms with E-state index in [2.05, 4.69) is 18.1 Å². The van der Waals surface area contributed by atoms with Gasteiger partial charge in [0, 0.05) is 31.7 Å². The van der Waals surface area contributed by atoms with Crippen molar-refractivity contribution in [3.05, 3.63) is 18.0 Å². The molecule has 5 heteroatoms. The van der Waals surface area contributed by atoms with Crippen LogP contribution in [0.15, 0.2) is 12.3 Å². The lowest BCUT2D eigenvalue weighted by Gasteiger charge is -2.37. The third-order valence-electron chi connectivity index (χ3n) is 3.66. The second-order valence-electron chi connectivity index (χ2n) is 6.66. The van der Waals surface area contributed by atoms with Crippen molar-refractivity contribution < 1.29 is 9.53 Å². The van der Waals surface area contributed by atoms with Gasteiger partial charge in [0.05, 0.1) is 5.69 Å². The maximum Gasteiger partial charge on any atom is 0.410 e. The minimum Gasteiger partial charge on any atom is -0.444 e. The Morgan fingerprint density at radius 1 is 1.45 bits per heavy atom. The van der Waals surface area contributed by atoms with E-state index in [0.29, 0.717) is 5.92 Å². The molecule has 112 valence electrons. The molecule has 1 aliphatic heterocycles. The van der Waals surface area contributed by atoms with Crippen LogP contribution in [0.2, 0.25) is 0 Å². The topological polar surface area (TPSA) is 47.4 Å². The highest BCUT2D eigenvalue weighted by Gasteiger charge is 2.32. The molecule has 1 aromatic heterocycles. The van der Waals surface area contributed by atoms with E-state index in [-0.39, 0.29) is 12.1 Å². The fourth-order valence-corrected chi connectivity index (χ4v) is 2.68. The summed E-state index contributed by atoms with van der Waals surface area (Å²) < 4.78 is 7.29. The summed E-state index contributed by atoms with van der Waals surface area (Å²) in [6, 6.07) is 2.26. The summed E-state index contributed by atoms with van der Waals surface area (Å²) >= 11 is 0. The number of carbonyl (C=O) groups excluding carboxylic acids is 1. The molecule has 2 atom stereocenters. The maximum atomic E-state index is 12.2. The van der Waals surface area contributed by atoms with Gasteiger partial charge in [-0.3, -0.25) is 4.68 Å². The number of hydrogen-bond donors (Lipinski definition) is 0. The number of piperidine rings is 1. The summed E-state index contributed by atoms with van der Waals surface area (Å²) in [6.45, 7) is 8.51. The molecule has 1 saturated heterocycles. The molecular weight excluding hydrogens is 254 g/mol. The average Bonchev–Trinajstić information content (AvgIpc) is 2.73. The number of ether oxygens (including phenoxy) is 1. The minimum atomic E-state index is -0.436. The third-order valence-corrected chi connectivity index (χ3v) is 3.66. The number of likely N-dealkylation sites (tertiary alicyclic amines) is 1. The summed E-state index contributed by atoms with van der Waals surface area (Å²) in [5.74, 6) is 0.435. The lowest BCUT2D eigenvalue weighted by molar-refractivity contribution is 0.0102. The smallest absolute Gasteiger partial charge is 0.410 e. The molecule has 0 radical (unpaired) electrons. The molecule has 0 N–H and O–H groups in total. The van der Waals surface area contributed by atoms with Gasteiger partial charge in [-0.2, -0.15) is 5.10 Å². The molecule has 0 bridgehead atoms. The van der Waals surface area contributed by atoms with Crippen LogP contribution in [0.25, 0.3) is 0 Å². The van der Waals surface area contributed by atoms with Crippen LogP contribution in [-0.2, 0) is 11.8 Å². The second kappa shape index (κ2) is 5.46. The van der Waals surface area contributed by atoms with Gasteiger partial charge in [0.15, 0.2) is 0 Å². The van der Waals surface area contributed by atoms with E-state index in [1.165, 1.54) is 0 Å². The summed E-state index contributed by atoms with van der Waals surface area (Å²) in [5, 5.41) is 4.48. The van der Waals surface area contributed by atoms with Crippen molar-refractivity contribution in [2.75, 3.05) is 6.54 Å². The van der Waals surface area contributed by atoms with Gasteiger partial charge in [-0.05, 0) is 46.6 Å². The van der Waals surface area contributed by atoms with E-state index in [1.54, 1.807) is 0 Å². The Morgan fingerprint density at radius 3 is 2.65 bits per heavy atom. The molecule has 1 fully saturated rings. The predicted molar refractivity (Wildman–Crippen MR) is 77.6 cm³/mol. The van der Waals surface area contributed by atoms with Crippen LogP contribution in [0.3, 0.4) is 0 Å². The zero-order chi connectivity index (χ0) is 14.9. The quantitative estimate of drug-likeness (QED) is 0.794. The van der Waals surface area contributed by atoms with Crippen LogP contribution in [0.1, 0.15) is 52.1 Å². The lowest BCUT2D eigenvalue weighted by Crippen LogP contribution is -2.46. The molecule has 1 aliphatic rings. The zero-order valence-electron chi connectivity index (χ0n) is 13.1. The van der Waals surface area contributed by atoms with Gasteiger partial charge in [0.2, 0.25) is 0 Å². The summed E-state index contributed by atoms with van der Waals surface area (Å²) in [4.78, 5) is 14.0. The fraction of sp³-hybridized carbons (Fsp3) is 0.733. The molecule has 2 rings (SSSR count). The van der Waals surface area contributed by atoms with Crippen LogP contribution < -0.4 is 0 Å². The second-order valence-corrected chi connectivity index (χ2v) is 6.66. The van der Waals surface area contributed by atoms with E-state index in [4.69, 9.17) is 4.74 Å². The van der Waals surface area contributed by atoms with Crippen LogP contribution in [0, 0.1) is 0 Å². The van der Waals surface area contributed by atoms with Crippen molar-refractivity contribution >= 4 is 6.09 Å². The minimum absolute atomic E-state index is 0.186. The van der Waals surface area contributed by atoms with Gasteiger partial charge < -0.3 is 9.64 Å². The molecule has 5 nitrogen and oxygen atoms in total. The van der Waals surface area contributed by atoms with Crippen molar-refractivity contribution in [1.29, 1.82) is 0 Å². The normalized spacial score (nSPS) is 23.8. The van der Waals surface area contributed by atoms with Crippen molar-refractivity contribution in [1.82, 2.24) is 14.7 Å². The van der Waals surface area contributed by atoms with Crippen LogP contribution in [0.4, 0.5) is 4.79 Å². The molecule has 0 aromatic carbocycles. The van der Waals surface area contributed by atoms with E-state index >= 15 is 0 Å². The molecule has 0 aliphatic carbocycles. The predicted octanol–water partition coefficient (Wildman–Crippen LogP) is 2.92. The van der Waals surface area contributed by atoms with Gasteiger partial charge >= 0.3 is 6.09 Å². The number of carbonyl (C=O) groups is 1. The molecule has 1 aromatic rings. The number of hydrogen-bond acceptors (Lipinski definition) is 3. The van der Waals surface area contributed by atoms with E-state index in [9.17, 15) is 4.79 Å². The molecule has 0 saturated carbocycles. The average molecular weight is 279 g/mol. The van der Waals surface area contributed by atoms with E-state index < -0.39 is 5.60 Å². The highest BCUT2D eigenvalue weighted by atomic mass is 16.6. The van der Waals surface area contributed by atoms with Crippen molar-refractivity contribution in [2.24, 2.45) is 7.05 Å². The Morgan fingerprint density at radius 2 is 2.15 bits per heavy atom. The monoisotopic (exact) mass is 279 g/mol. The van der Waals surface area contributed by atoms with Crippen molar-refractivity contribution in [3.63, 3.8) is 0 Å². The number of nitrogens with zero attached hydrogens (tertiary/aromatic N) is 3. The summed E-state index contributed by atoms with van der Waals surface area (Å²) in [7, 11) is 1.93. The third kappa shape index (κ3) is 3.52. The Hall–Kier alpha value is -1.52. The van der Waals surface area contributed by atoms with Crippen LogP contribution in [-0.4, -0.2) is 39.0 Å². The molecule has 2 heterocycles. The van der Waals surface area contributed by atoms with Crippen molar-refractivity contribution in [2.45, 2.75) is 58.1 Å². The van der Waals surface area contributed by atoms with Gasteiger partial charge in [-0.15, -0.1) is 0 Å². The number of aromatic nitrogens is 2. The highest BCUT2D eigenvalue weighted by molar-refractivity contribution is 5.68. The number of aryl methyl sites for hydroxylation is 1. The first kappa shape index (κ1) is 14.9. The largest absolute Gasteiger partial charge is 0.444 e. The van der Waals surface area contributed by atoms with Crippen LogP contribution >= 0.6 is 0 Å². The van der Waals surface area contributed by atoms with Gasteiger partial charge in [-0.25, -0.2) is 4.79 Å².